The van der Waals surface area contributed by atoms with Crippen LogP contribution in [0.1, 0.15) is 46.0 Å². The second kappa shape index (κ2) is 10.7. The van der Waals surface area contributed by atoms with Crippen LogP contribution in [0, 0.1) is 17.8 Å². The zero-order valence-corrected chi connectivity index (χ0v) is 16.5. The average Bonchev–Trinajstić information content (AvgIpc) is 2.98. The highest BCUT2D eigenvalue weighted by molar-refractivity contribution is 6.21. The van der Waals surface area contributed by atoms with Gasteiger partial charge >= 0.3 is 0 Å². The van der Waals surface area contributed by atoms with E-state index in [1.54, 1.807) is 0 Å². The van der Waals surface area contributed by atoms with Crippen molar-refractivity contribution in [3.05, 3.63) is 67.3 Å². The summed E-state index contributed by atoms with van der Waals surface area (Å²) in [4.78, 5) is 26.7. The van der Waals surface area contributed by atoms with E-state index in [-0.39, 0.29) is 23.7 Å². The van der Waals surface area contributed by atoms with E-state index in [4.69, 9.17) is 0 Å². The van der Waals surface area contributed by atoms with E-state index >= 15 is 0 Å². The number of carbonyl (C=O) groups is 2. The first-order chi connectivity index (χ1) is 13.1. The van der Waals surface area contributed by atoms with Gasteiger partial charge in [0.15, 0.2) is 0 Å². The zero-order valence-electron chi connectivity index (χ0n) is 16.5. The first kappa shape index (κ1) is 20.9. The Morgan fingerprint density at radius 3 is 2.44 bits per heavy atom. The van der Waals surface area contributed by atoms with Gasteiger partial charge in [-0.05, 0) is 49.7 Å². The third-order valence-electron chi connectivity index (χ3n) is 5.18. The van der Waals surface area contributed by atoms with Gasteiger partial charge in [0, 0.05) is 6.42 Å². The lowest BCUT2D eigenvalue weighted by Gasteiger charge is -2.19. The van der Waals surface area contributed by atoms with Gasteiger partial charge in [-0.15, -0.1) is 6.58 Å². The van der Waals surface area contributed by atoms with Gasteiger partial charge in [0.2, 0.25) is 11.8 Å². The molecule has 0 aliphatic carbocycles. The first-order valence-corrected chi connectivity index (χ1v) is 9.98. The van der Waals surface area contributed by atoms with Crippen LogP contribution in [0.4, 0.5) is 5.69 Å². The number of imide groups is 1. The maximum atomic E-state index is 12.9. The van der Waals surface area contributed by atoms with Crippen LogP contribution in [-0.4, -0.2) is 11.8 Å². The summed E-state index contributed by atoms with van der Waals surface area (Å²) in [6.07, 6.45) is 14.7. The molecule has 0 bridgehead atoms. The van der Waals surface area contributed by atoms with E-state index in [0.717, 1.165) is 25.7 Å². The summed E-state index contributed by atoms with van der Waals surface area (Å²) in [5.74, 6) is 0.0572. The molecule has 3 atom stereocenters. The molecule has 1 aliphatic heterocycles. The predicted octanol–water partition coefficient (Wildman–Crippen LogP) is 5.70. The summed E-state index contributed by atoms with van der Waals surface area (Å²) in [6.45, 7) is 8.13. The molecule has 27 heavy (non-hydrogen) atoms. The van der Waals surface area contributed by atoms with Gasteiger partial charge in [-0.1, -0.05) is 62.4 Å². The lowest BCUT2D eigenvalue weighted by Crippen LogP contribution is -2.31. The van der Waals surface area contributed by atoms with Crippen molar-refractivity contribution in [1.29, 1.82) is 0 Å². The van der Waals surface area contributed by atoms with E-state index in [2.05, 4.69) is 44.7 Å². The van der Waals surface area contributed by atoms with Gasteiger partial charge in [-0.2, -0.15) is 0 Å². The van der Waals surface area contributed by atoms with Crippen molar-refractivity contribution < 1.29 is 9.59 Å². The first-order valence-electron chi connectivity index (χ1n) is 9.98. The Kier molecular flexibility index (Phi) is 8.25. The Morgan fingerprint density at radius 2 is 1.81 bits per heavy atom. The van der Waals surface area contributed by atoms with E-state index in [1.807, 2.05) is 36.4 Å². The maximum absolute atomic E-state index is 12.9. The number of allylic oxidation sites excluding steroid dienone is 5. The summed E-state index contributed by atoms with van der Waals surface area (Å²) < 4.78 is 0. The molecule has 0 radical (unpaired) electrons. The highest BCUT2D eigenvalue weighted by Crippen LogP contribution is 2.33. The lowest BCUT2D eigenvalue weighted by molar-refractivity contribution is -0.122. The van der Waals surface area contributed by atoms with Gasteiger partial charge in [-0.25, -0.2) is 0 Å². The van der Waals surface area contributed by atoms with Crippen LogP contribution >= 0.6 is 0 Å². The molecule has 1 aliphatic rings. The quantitative estimate of drug-likeness (QED) is 0.394. The molecule has 0 aromatic heterocycles. The van der Waals surface area contributed by atoms with Crippen molar-refractivity contribution in [2.45, 2.75) is 46.0 Å². The minimum atomic E-state index is -0.263. The van der Waals surface area contributed by atoms with Crippen LogP contribution in [0.15, 0.2) is 67.3 Å². The summed E-state index contributed by atoms with van der Waals surface area (Å²) in [5, 5.41) is 0. The summed E-state index contributed by atoms with van der Waals surface area (Å²) in [6, 6.07) is 9.21. The van der Waals surface area contributed by atoms with E-state index in [0.29, 0.717) is 18.0 Å². The van der Waals surface area contributed by atoms with Crippen molar-refractivity contribution in [1.82, 2.24) is 0 Å². The molecule has 2 rings (SSSR count). The summed E-state index contributed by atoms with van der Waals surface area (Å²) >= 11 is 0. The van der Waals surface area contributed by atoms with Crippen molar-refractivity contribution in [2.24, 2.45) is 17.8 Å². The third kappa shape index (κ3) is 5.53. The molecular formula is C24H31NO2. The predicted molar refractivity (Wildman–Crippen MR) is 112 cm³/mol. The number of hydrogen-bond donors (Lipinski definition) is 0. The van der Waals surface area contributed by atoms with Gasteiger partial charge in [0.1, 0.15) is 0 Å². The number of para-hydroxylation sites is 1. The third-order valence-corrected chi connectivity index (χ3v) is 5.18. The molecule has 0 spiro atoms. The Bertz CT molecular complexity index is 690. The van der Waals surface area contributed by atoms with Crippen molar-refractivity contribution >= 4 is 17.5 Å². The fraction of sp³-hybridized carbons (Fsp3) is 0.417. The highest BCUT2D eigenvalue weighted by atomic mass is 16.2. The molecule has 1 fully saturated rings. The highest BCUT2D eigenvalue weighted by Gasteiger charge is 2.42. The second-order valence-electron chi connectivity index (χ2n) is 7.06. The fourth-order valence-electron chi connectivity index (χ4n) is 3.55. The van der Waals surface area contributed by atoms with Gasteiger partial charge in [0.25, 0.3) is 0 Å². The number of amides is 2. The zero-order chi connectivity index (χ0) is 19.6. The van der Waals surface area contributed by atoms with Crippen LogP contribution in [-0.2, 0) is 9.59 Å². The molecule has 1 aromatic carbocycles. The van der Waals surface area contributed by atoms with Crippen LogP contribution in [0.2, 0.25) is 0 Å². The minimum Gasteiger partial charge on any atom is -0.274 e. The molecule has 1 saturated heterocycles. The van der Waals surface area contributed by atoms with Crippen molar-refractivity contribution in [2.75, 3.05) is 4.90 Å². The summed E-state index contributed by atoms with van der Waals surface area (Å²) in [5.41, 5.74) is 0.670. The minimum absolute atomic E-state index is 0.0751. The van der Waals surface area contributed by atoms with Gasteiger partial charge in [0.05, 0.1) is 11.6 Å². The van der Waals surface area contributed by atoms with E-state index < -0.39 is 0 Å². The monoisotopic (exact) mass is 365 g/mol. The molecule has 2 amide bonds. The number of benzene rings is 1. The number of nitrogens with zero attached hydrogens (tertiary/aromatic N) is 1. The maximum Gasteiger partial charge on any atom is 0.237 e. The van der Waals surface area contributed by atoms with Crippen LogP contribution < -0.4 is 4.90 Å². The second-order valence-corrected chi connectivity index (χ2v) is 7.06. The van der Waals surface area contributed by atoms with Gasteiger partial charge < -0.3 is 0 Å². The molecular weight excluding hydrogens is 334 g/mol. The Labute approximate surface area is 163 Å². The molecule has 1 heterocycles. The Hall–Kier alpha value is -2.42. The van der Waals surface area contributed by atoms with Crippen LogP contribution in [0.25, 0.3) is 0 Å². The van der Waals surface area contributed by atoms with Crippen molar-refractivity contribution in [3.63, 3.8) is 0 Å². The molecule has 3 heteroatoms. The molecule has 1 aromatic rings. The standard InChI is InChI=1S/C24H31NO2/c1-4-7-9-13-19(5-2)14-12-15-20(6-3)22-18-23(26)25(24(22)27)21-16-10-8-11-17-21/h5,7-12,15-17,19-20,22H,2,4,6,13-14,18H2,1,3H3/b9-7+,15-12+. The van der Waals surface area contributed by atoms with E-state index in [9.17, 15) is 9.59 Å². The molecule has 3 unspecified atom stereocenters. The summed E-state index contributed by atoms with van der Waals surface area (Å²) in [7, 11) is 0. The SMILES string of the molecule is C=CC(C/C=C/CC)C/C=C/C(CC)C1CC(=O)N(c2ccccc2)C1=O. The molecule has 0 saturated carbocycles. The molecule has 3 nitrogen and oxygen atoms in total. The number of rotatable bonds is 10. The Balaban J connectivity index is 2.02. The topological polar surface area (TPSA) is 37.4 Å². The largest absolute Gasteiger partial charge is 0.274 e. The van der Waals surface area contributed by atoms with Crippen LogP contribution in [0.5, 0.6) is 0 Å². The van der Waals surface area contributed by atoms with Crippen molar-refractivity contribution in [3.8, 4) is 0 Å². The number of hydrogen-bond acceptors (Lipinski definition) is 2. The smallest absolute Gasteiger partial charge is 0.237 e. The number of carbonyl (C=O) groups excluding carboxylic acids is 2. The van der Waals surface area contributed by atoms with Gasteiger partial charge in [-0.3, -0.25) is 14.5 Å². The average molecular weight is 366 g/mol. The van der Waals surface area contributed by atoms with E-state index in [1.165, 1.54) is 4.90 Å². The molecule has 0 N–H and O–H groups in total. The number of anilines is 1. The van der Waals surface area contributed by atoms with Crippen LogP contribution in [0.3, 0.4) is 0 Å². The lowest BCUT2D eigenvalue weighted by atomic mass is 9.87. The molecule has 144 valence electrons. The Morgan fingerprint density at radius 1 is 1.11 bits per heavy atom. The normalized spacial score (nSPS) is 19.9. The fourth-order valence-corrected chi connectivity index (χ4v) is 3.55.